The molecule has 2 saturated heterocycles. The minimum Gasteiger partial charge on any atom is -0.444 e. The molecule has 2 unspecified atom stereocenters. The fourth-order valence-electron chi connectivity index (χ4n) is 5.53. The van der Waals surface area contributed by atoms with Gasteiger partial charge in [-0.05, 0) is 29.3 Å². The maximum absolute atomic E-state index is 15.4. The van der Waals surface area contributed by atoms with Gasteiger partial charge in [-0.1, -0.05) is 24.3 Å². The van der Waals surface area contributed by atoms with E-state index in [2.05, 4.69) is 26.8 Å². The average Bonchev–Trinajstić information content (AvgIpc) is 3.35. The summed E-state index contributed by atoms with van der Waals surface area (Å²) in [5, 5.41) is 23.7. The number of amides is 1. The molecule has 166 valence electrons. The molecule has 3 fully saturated rings. The molecular formula is C24H21FN6O2. The highest BCUT2D eigenvalue weighted by atomic mass is 19.1. The predicted octanol–water partition coefficient (Wildman–Crippen LogP) is 2.79. The molecule has 1 aliphatic carbocycles. The Morgan fingerprint density at radius 2 is 2.03 bits per heavy atom. The van der Waals surface area contributed by atoms with Crippen molar-refractivity contribution in [3.05, 3.63) is 65.7 Å². The number of hydrogen-bond donors (Lipinski definition) is 2. The van der Waals surface area contributed by atoms with Crippen molar-refractivity contribution in [2.24, 2.45) is 11.8 Å². The number of benzene rings is 2. The molecule has 8 nitrogen and oxygen atoms in total. The van der Waals surface area contributed by atoms with Crippen LogP contribution in [-0.4, -0.2) is 47.2 Å². The van der Waals surface area contributed by atoms with Crippen LogP contribution in [0.4, 0.5) is 14.9 Å². The third-order valence-corrected chi connectivity index (χ3v) is 7.16. The van der Waals surface area contributed by atoms with Crippen molar-refractivity contribution < 1.29 is 13.9 Å². The van der Waals surface area contributed by atoms with Gasteiger partial charge in [-0.25, -0.2) is 9.18 Å². The molecule has 2 aromatic carbocycles. The predicted molar refractivity (Wildman–Crippen MR) is 117 cm³/mol. The third kappa shape index (κ3) is 3.02. The molecular weight excluding hydrogens is 423 g/mol. The number of anilines is 1. The number of aromatic nitrogens is 3. The molecule has 3 aliphatic rings. The molecule has 9 heteroatoms. The Kier molecular flexibility index (Phi) is 4.45. The average molecular weight is 444 g/mol. The number of piperidine rings is 1. The van der Waals surface area contributed by atoms with Gasteiger partial charge in [-0.3, -0.25) is 4.90 Å². The second-order valence-electron chi connectivity index (χ2n) is 8.84. The first-order valence-electron chi connectivity index (χ1n) is 11.0. The van der Waals surface area contributed by atoms with E-state index in [-0.39, 0.29) is 17.9 Å². The number of ether oxygens (including phenoxy) is 1. The summed E-state index contributed by atoms with van der Waals surface area (Å²) >= 11 is 0. The van der Waals surface area contributed by atoms with Crippen molar-refractivity contribution >= 4 is 11.8 Å². The SMILES string of the molecule is N#CC1(c2ccccc2-c2ccc(N3C[C@@H](Cc4cn[nH]n4)OC3=O)cc2F)C2CNC[C@@H]21. The number of halogens is 1. The molecule has 2 N–H and O–H groups in total. The van der Waals surface area contributed by atoms with Crippen LogP contribution in [0.15, 0.2) is 48.7 Å². The van der Waals surface area contributed by atoms with Crippen LogP contribution in [0.2, 0.25) is 0 Å². The van der Waals surface area contributed by atoms with Crippen LogP contribution in [0.5, 0.6) is 0 Å². The van der Waals surface area contributed by atoms with E-state index in [4.69, 9.17) is 4.74 Å². The maximum atomic E-state index is 15.4. The van der Waals surface area contributed by atoms with Crippen LogP contribution < -0.4 is 10.2 Å². The van der Waals surface area contributed by atoms with Crippen molar-refractivity contribution in [3.63, 3.8) is 0 Å². The summed E-state index contributed by atoms with van der Waals surface area (Å²) in [4.78, 5) is 13.8. The van der Waals surface area contributed by atoms with E-state index in [0.29, 0.717) is 29.9 Å². The van der Waals surface area contributed by atoms with Crippen LogP contribution >= 0.6 is 0 Å². The lowest BCUT2D eigenvalue weighted by Crippen LogP contribution is -2.25. The highest BCUT2D eigenvalue weighted by molar-refractivity contribution is 5.90. The standard InChI is InChI=1S/C24H21FN6O2/c25-22-8-15(31-12-16(33-23(31)32)7-14-9-28-30-29-14)5-6-18(22)17-3-1-2-4-19(17)24(13-26)20-10-27-11-21(20)24/h1-6,8-9,16,20-21,27H,7,10-12H2,(H,28,29,30)/t16-,20+,21?,24?/m1/s1. The lowest BCUT2D eigenvalue weighted by atomic mass is 9.85. The molecule has 1 saturated carbocycles. The van der Waals surface area contributed by atoms with E-state index in [0.717, 1.165) is 24.2 Å². The summed E-state index contributed by atoms with van der Waals surface area (Å²) in [5.41, 5.74) is 2.59. The van der Waals surface area contributed by atoms with E-state index in [1.54, 1.807) is 18.3 Å². The lowest BCUT2D eigenvalue weighted by Gasteiger charge is -2.19. The molecule has 6 rings (SSSR count). The molecule has 2 aliphatic heterocycles. The highest BCUT2D eigenvalue weighted by Gasteiger charge is 2.68. The number of nitrogens with zero attached hydrogens (tertiary/aromatic N) is 4. The zero-order chi connectivity index (χ0) is 22.6. The summed E-state index contributed by atoms with van der Waals surface area (Å²) in [6.07, 6.45) is 1.11. The van der Waals surface area contributed by atoms with Gasteiger partial charge in [0.25, 0.3) is 0 Å². The molecule has 0 radical (unpaired) electrons. The van der Waals surface area contributed by atoms with Crippen LogP contribution in [0.1, 0.15) is 11.3 Å². The quantitative estimate of drug-likeness (QED) is 0.627. The summed E-state index contributed by atoms with van der Waals surface area (Å²) < 4.78 is 20.8. The Labute approximate surface area is 189 Å². The van der Waals surface area contributed by atoms with E-state index in [9.17, 15) is 10.1 Å². The van der Waals surface area contributed by atoms with Crippen LogP contribution in [0, 0.1) is 29.0 Å². The number of fused-ring (bicyclic) bond motifs is 1. The minimum absolute atomic E-state index is 0.256. The third-order valence-electron chi connectivity index (χ3n) is 7.16. The highest BCUT2D eigenvalue weighted by Crippen LogP contribution is 2.62. The Morgan fingerprint density at radius 1 is 1.21 bits per heavy atom. The van der Waals surface area contributed by atoms with Crippen LogP contribution in [-0.2, 0) is 16.6 Å². The number of cyclic esters (lactones) is 1. The van der Waals surface area contributed by atoms with Gasteiger partial charge < -0.3 is 10.1 Å². The van der Waals surface area contributed by atoms with Crippen molar-refractivity contribution in [1.29, 1.82) is 5.26 Å². The number of carbonyl (C=O) groups excluding carboxylic acids is 1. The maximum Gasteiger partial charge on any atom is 0.414 e. The minimum atomic E-state index is -0.569. The molecule has 1 amide bonds. The van der Waals surface area contributed by atoms with Crippen LogP contribution in [0.3, 0.4) is 0 Å². The molecule has 1 aromatic heterocycles. The molecule has 0 spiro atoms. The van der Waals surface area contributed by atoms with Gasteiger partial charge in [0.1, 0.15) is 11.9 Å². The lowest BCUT2D eigenvalue weighted by molar-refractivity contribution is 0.141. The van der Waals surface area contributed by atoms with Crippen molar-refractivity contribution in [2.45, 2.75) is 17.9 Å². The summed E-state index contributed by atoms with van der Waals surface area (Å²) in [5.74, 6) is 0.0729. The number of aromatic amines is 1. The van der Waals surface area contributed by atoms with Gasteiger partial charge in [-0.15, -0.1) is 0 Å². The number of H-pyrrole nitrogens is 1. The Hall–Kier alpha value is -3.77. The van der Waals surface area contributed by atoms with E-state index < -0.39 is 17.3 Å². The Balaban J connectivity index is 1.29. The molecule has 4 atom stereocenters. The Bertz CT molecular complexity index is 1260. The number of rotatable bonds is 5. The van der Waals surface area contributed by atoms with Gasteiger partial charge in [0.05, 0.1) is 35.6 Å². The first kappa shape index (κ1) is 19.9. The van der Waals surface area contributed by atoms with Crippen molar-refractivity contribution in [1.82, 2.24) is 20.7 Å². The van der Waals surface area contributed by atoms with Crippen molar-refractivity contribution in [2.75, 3.05) is 24.5 Å². The zero-order valence-corrected chi connectivity index (χ0v) is 17.7. The number of hydrogen-bond acceptors (Lipinski definition) is 6. The van der Waals surface area contributed by atoms with E-state index in [1.165, 1.54) is 11.0 Å². The van der Waals surface area contributed by atoms with Crippen LogP contribution in [0.25, 0.3) is 11.1 Å². The fourth-order valence-corrected chi connectivity index (χ4v) is 5.53. The van der Waals surface area contributed by atoms with Gasteiger partial charge in [0.2, 0.25) is 0 Å². The van der Waals surface area contributed by atoms with Gasteiger partial charge in [0.15, 0.2) is 0 Å². The second kappa shape index (κ2) is 7.39. The molecule has 3 heterocycles. The van der Waals surface area contributed by atoms with Gasteiger partial charge in [-0.2, -0.15) is 20.7 Å². The second-order valence-corrected chi connectivity index (χ2v) is 8.84. The number of nitriles is 1. The van der Waals surface area contributed by atoms with E-state index in [1.807, 2.05) is 24.3 Å². The smallest absolute Gasteiger partial charge is 0.414 e. The molecule has 0 bridgehead atoms. The summed E-state index contributed by atoms with van der Waals surface area (Å²) in [7, 11) is 0. The van der Waals surface area contributed by atoms with Crippen molar-refractivity contribution in [3.8, 4) is 17.2 Å². The topological polar surface area (TPSA) is 107 Å². The zero-order valence-electron chi connectivity index (χ0n) is 17.7. The van der Waals surface area contributed by atoms with Gasteiger partial charge >= 0.3 is 6.09 Å². The first-order valence-corrected chi connectivity index (χ1v) is 11.0. The normalized spacial score (nSPS) is 27.8. The largest absolute Gasteiger partial charge is 0.444 e. The summed E-state index contributed by atoms with van der Waals surface area (Å²) in [6.45, 7) is 1.91. The fraction of sp³-hybridized carbons (Fsp3) is 0.333. The Morgan fingerprint density at radius 3 is 2.76 bits per heavy atom. The van der Waals surface area contributed by atoms with Gasteiger partial charge in [0, 0.05) is 36.9 Å². The molecule has 3 aromatic rings. The van der Waals surface area contributed by atoms with E-state index >= 15 is 4.39 Å². The summed E-state index contributed by atoms with van der Waals surface area (Å²) in [6, 6.07) is 14.9. The molecule has 33 heavy (non-hydrogen) atoms. The number of carbonyl (C=O) groups is 1. The monoisotopic (exact) mass is 444 g/mol. The first-order chi connectivity index (χ1) is 16.1. The number of nitrogens with one attached hydrogen (secondary N) is 2.